The van der Waals surface area contributed by atoms with Crippen molar-refractivity contribution in [3.8, 4) is 0 Å². The highest BCUT2D eigenvalue weighted by molar-refractivity contribution is 4.89. The average Bonchev–Trinajstić information content (AvgIpc) is 3.06. The Morgan fingerprint density at radius 2 is 1.95 bits per heavy atom. The monoisotopic (exact) mass is 296 g/mol. The third-order valence-corrected chi connectivity index (χ3v) is 5.27. The molecule has 1 aliphatic carbocycles. The minimum Gasteiger partial charge on any atom is -0.379 e. The summed E-state index contributed by atoms with van der Waals surface area (Å²) in [6.07, 6.45) is 8.31. The van der Waals surface area contributed by atoms with E-state index >= 15 is 0 Å². The lowest BCUT2D eigenvalue weighted by Gasteiger charge is -2.32. The first-order valence-corrected chi connectivity index (χ1v) is 9.17. The summed E-state index contributed by atoms with van der Waals surface area (Å²) in [6, 6.07) is 0.557. The van der Waals surface area contributed by atoms with Gasteiger partial charge in [-0.25, -0.2) is 0 Å². The van der Waals surface area contributed by atoms with E-state index in [2.05, 4.69) is 31.4 Å². The van der Waals surface area contributed by atoms with Crippen molar-refractivity contribution in [2.45, 2.75) is 65.3 Å². The summed E-state index contributed by atoms with van der Waals surface area (Å²) in [5.74, 6) is 1.47. The van der Waals surface area contributed by atoms with Crippen molar-refractivity contribution in [1.29, 1.82) is 0 Å². The predicted octanol–water partition coefficient (Wildman–Crippen LogP) is 3.20. The predicted molar refractivity (Wildman–Crippen MR) is 89.6 cm³/mol. The molecule has 1 saturated carbocycles. The summed E-state index contributed by atoms with van der Waals surface area (Å²) in [5, 5.41) is 7.44. The van der Waals surface area contributed by atoms with Gasteiger partial charge in [-0.3, -0.25) is 0 Å². The van der Waals surface area contributed by atoms with Gasteiger partial charge in [-0.15, -0.1) is 0 Å². The second-order valence-electron chi connectivity index (χ2n) is 7.79. The molecule has 2 unspecified atom stereocenters. The summed E-state index contributed by atoms with van der Waals surface area (Å²) in [4.78, 5) is 0. The van der Waals surface area contributed by atoms with Crippen LogP contribution >= 0.6 is 0 Å². The second-order valence-corrected chi connectivity index (χ2v) is 7.79. The van der Waals surface area contributed by atoms with E-state index in [1.807, 2.05) is 0 Å². The zero-order chi connectivity index (χ0) is 15.1. The van der Waals surface area contributed by atoms with Crippen LogP contribution in [-0.2, 0) is 4.74 Å². The van der Waals surface area contributed by atoms with Gasteiger partial charge in [0.2, 0.25) is 0 Å². The molecule has 0 aromatic heterocycles. The van der Waals surface area contributed by atoms with Gasteiger partial charge in [0.1, 0.15) is 0 Å². The van der Waals surface area contributed by atoms with Gasteiger partial charge in [0.25, 0.3) is 0 Å². The quantitative estimate of drug-likeness (QED) is 0.685. The molecule has 2 N–H and O–H groups in total. The fourth-order valence-electron chi connectivity index (χ4n) is 4.32. The van der Waals surface area contributed by atoms with Crippen LogP contribution in [-0.4, -0.2) is 38.9 Å². The molecular formula is C18H36N2O. The van der Waals surface area contributed by atoms with Crippen LogP contribution in [0.2, 0.25) is 0 Å². The molecule has 0 amide bonds. The molecule has 0 radical (unpaired) electrons. The van der Waals surface area contributed by atoms with E-state index in [0.29, 0.717) is 17.4 Å². The van der Waals surface area contributed by atoms with Crippen LogP contribution in [0, 0.1) is 17.3 Å². The molecule has 21 heavy (non-hydrogen) atoms. The molecule has 0 aromatic carbocycles. The van der Waals surface area contributed by atoms with Crippen LogP contribution in [0.25, 0.3) is 0 Å². The first-order valence-electron chi connectivity index (χ1n) is 9.17. The van der Waals surface area contributed by atoms with E-state index < -0.39 is 0 Å². The number of nitrogens with one attached hydrogen (secondary N) is 2. The van der Waals surface area contributed by atoms with Crippen molar-refractivity contribution >= 4 is 0 Å². The molecule has 0 spiro atoms. The largest absolute Gasteiger partial charge is 0.379 e. The van der Waals surface area contributed by atoms with Crippen LogP contribution in [0.1, 0.15) is 59.3 Å². The molecule has 3 heteroatoms. The molecule has 1 heterocycles. The normalized spacial score (nSPS) is 28.6. The molecular weight excluding hydrogens is 260 g/mol. The van der Waals surface area contributed by atoms with Gasteiger partial charge in [0, 0.05) is 25.0 Å². The average molecular weight is 296 g/mol. The highest BCUT2D eigenvalue weighted by atomic mass is 16.5. The molecule has 1 aliphatic heterocycles. The van der Waals surface area contributed by atoms with Crippen molar-refractivity contribution < 1.29 is 4.74 Å². The van der Waals surface area contributed by atoms with Crippen LogP contribution in [0.4, 0.5) is 0 Å². The fourth-order valence-corrected chi connectivity index (χ4v) is 4.32. The topological polar surface area (TPSA) is 33.3 Å². The van der Waals surface area contributed by atoms with E-state index in [1.54, 1.807) is 0 Å². The maximum absolute atomic E-state index is 5.68. The van der Waals surface area contributed by atoms with Gasteiger partial charge in [0.05, 0.1) is 13.2 Å². The Balaban J connectivity index is 1.74. The Kier molecular flexibility index (Phi) is 6.97. The number of hydrogen-bond donors (Lipinski definition) is 2. The number of ether oxygens (including phenoxy) is 1. The Morgan fingerprint density at radius 3 is 2.62 bits per heavy atom. The SMILES string of the molecule is CCCNC1COCC1CNCC1(CC(C)C)CCCC1. The van der Waals surface area contributed by atoms with Gasteiger partial charge < -0.3 is 15.4 Å². The highest BCUT2D eigenvalue weighted by Gasteiger charge is 2.35. The van der Waals surface area contributed by atoms with Crippen LogP contribution in [0.15, 0.2) is 0 Å². The molecule has 2 aliphatic rings. The van der Waals surface area contributed by atoms with Gasteiger partial charge >= 0.3 is 0 Å². The van der Waals surface area contributed by atoms with Crippen molar-refractivity contribution in [3.05, 3.63) is 0 Å². The van der Waals surface area contributed by atoms with E-state index in [0.717, 1.165) is 32.2 Å². The molecule has 2 rings (SSSR count). The Bertz CT molecular complexity index is 287. The minimum atomic E-state index is 0.557. The van der Waals surface area contributed by atoms with Gasteiger partial charge in [-0.2, -0.15) is 0 Å². The van der Waals surface area contributed by atoms with E-state index in [4.69, 9.17) is 4.74 Å². The zero-order valence-electron chi connectivity index (χ0n) is 14.4. The third-order valence-electron chi connectivity index (χ3n) is 5.27. The van der Waals surface area contributed by atoms with E-state index in [9.17, 15) is 0 Å². The zero-order valence-corrected chi connectivity index (χ0v) is 14.4. The van der Waals surface area contributed by atoms with Crippen molar-refractivity contribution in [2.24, 2.45) is 17.3 Å². The van der Waals surface area contributed by atoms with Crippen molar-refractivity contribution in [2.75, 3.05) is 32.8 Å². The third kappa shape index (κ3) is 5.22. The van der Waals surface area contributed by atoms with Gasteiger partial charge in [-0.1, -0.05) is 33.6 Å². The number of hydrogen-bond acceptors (Lipinski definition) is 3. The Morgan fingerprint density at radius 1 is 1.19 bits per heavy atom. The molecule has 0 bridgehead atoms. The summed E-state index contributed by atoms with van der Waals surface area (Å²) in [7, 11) is 0. The summed E-state index contributed by atoms with van der Waals surface area (Å²) >= 11 is 0. The van der Waals surface area contributed by atoms with Crippen molar-refractivity contribution in [3.63, 3.8) is 0 Å². The standard InChI is InChI=1S/C18H36N2O/c1-4-9-20-17-13-21-12-16(17)11-19-14-18(10-15(2)3)7-5-6-8-18/h15-17,19-20H,4-14H2,1-3H3. The minimum absolute atomic E-state index is 0.557. The summed E-state index contributed by atoms with van der Waals surface area (Å²) in [5.41, 5.74) is 0.583. The lowest BCUT2D eigenvalue weighted by atomic mass is 9.78. The van der Waals surface area contributed by atoms with E-state index in [1.165, 1.54) is 45.1 Å². The van der Waals surface area contributed by atoms with Crippen LogP contribution in [0.5, 0.6) is 0 Å². The summed E-state index contributed by atoms with van der Waals surface area (Å²) < 4.78 is 5.68. The maximum Gasteiger partial charge on any atom is 0.0623 e. The number of rotatable bonds is 9. The van der Waals surface area contributed by atoms with E-state index in [-0.39, 0.29) is 0 Å². The fraction of sp³-hybridized carbons (Fsp3) is 1.00. The second kappa shape index (κ2) is 8.50. The summed E-state index contributed by atoms with van der Waals surface area (Å²) in [6.45, 7) is 12.2. The molecule has 1 saturated heterocycles. The first-order chi connectivity index (χ1) is 10.2. The van der Waals surface area contributed by atoms with Crippen LogP contribution in [0.3, 0.4) is 0 Å². The Labute approximate surface area is 131 Å². The van der Waals surface area contributed by atoms with Crippen molar-refractivity contribution in [1.82, 2.24) is 10.6 Å². The molecule has 3 nitrogen and oxygen atoms in total. The lowest BCUT2D eigenvalue weighted by Crippen LogP contribution is -2.43. The molecule has 0 aromatic rings. The highest BCUT2D eigenvalue weighted by Crippen LogP contribution is 2.42. The molecule has 2 fully saturated rings. The molecule has 2 atom stereocenters. The van der Waals surface area contributed by atoms with Crippen LogP contribution < -0.4 is 10.6 Å². The van der Waals surface area contributed by atoms with Gasteiger partial charge in [-0.05, 0) is 43.6 Å². The lowest BCUT2D eigenvalue weighted by molar-refractivity contribution is 0.179. The maximum atomic E-state index is 5.68. The smallest absolute Gasteiger partial charge is 0.0623 e. The molecule has 124 valence electrons. The van der Waals surface area contributed by atoms with Gasteiger partial charge in [0.15, 0.2) is 0 Å². The first kappa shape index (κ1) is 17.2. The Hall–Kier alpha value is -0.120.